The number of fused-ring (bicyclic) bond motifs is 3. The van der Waals surface area contributed by atoms with E-state index in [9.17, 15) is 26.3 Å². The lowest BCUT2D eigenvalue weighted by Gasteiger charge is -2.31. The van der Waals surface area contributed by atoms with Crippen LogP contribution in [0.3, 0.4) is 0 Å². The number of nitrogens with zero attached hydrogens (tertiary/aromatic N) is 4. The van der Waals surface area contributed by atoms with E-state index in [4.69, 9.17) is 29.5 Å². The first-order valence-electron chi connectivity index (χ1n) is 15.5. The fourth-order valence-electron chi connectivity index (χ4n) is 7.14. The molecule has 2 aromatic carbocycles. The molecule has 7 nitrogen and oxygen atoms in total. The van der Waals surface area contributed by atoms with Crippen LogP contribution < -0.4 is 15.4 Å². The summed E-state index contributed by atoms with van der Waals surface area (Å²) in [6.45, 7) is -0.981. The summed E-state index contributed by atoms with van der Waals surface area (Å²) in [4.78, 5) is 11.7. The summed E-state index contributed by atoms with van der Waals surface area (Å²) in [5, 5.41) is -0.634. The maximum atomic E-state index is 16.7. The predicted molar refractivity (Wildman–Crippen MR) is 153 cm³/mol. The van der Waals surface area contributed by atoms with Crippen molar-refractivity contribution in [2.45, 2.75) is 56.3 Å². The molecule has 2 N–H and O–H groups in total. The zero-order valence-electron chi connectivity index (χ0n) is 25.8. The second-order valence-corrected chi connectivity index (χ2v) is 12.5. The molecule has 0 amide bonds. The van der Waals surface area contributed by atoms with E-state index in [2.05, 4.69) is 9.97 Å². The van der Waals surface area contributed by atoms with Crippen LogP contribution in [0.2, 0.25) is 5.02 Å². The minimum atomic E-state index is -5.15. The Balaban J connectivity index is 1.44. The summed E-state index contributed by atoms with van der Waals surface area (Å²) in [6.07, 6.45) is -7.13. The van der Waals surface area contributed by atoms with Crippen molar-refractivity contribution in [3.05, 3.63) is 39.9 Å². The second kappa shape index (κ2) is 10.7. The molecule has 3 saturated heterocycles. The quantitative estimate of drug-likeness (QED) is 0.255. The Bertz CT molecular complexity index is 1790. The molecular weight excluding hydrogens is 631 g/mol. The van der Waals surface area contributed by atoms with Gasteiger partial charge in [-0.05, 0) is 44.0 Å². The average molecular weight is 662 g/mol. The van der Waals surface area contributed by atoms with E-state index >= 15 is 4.39 Å². The van der Waals surface area contributed by atoms with Gasteiger partial charge in [0.1, 0.15) is 36.1 Å². The molecule has 7 rings (SSSR count). The summed E-state index contributed by atoms with van der Waals surface area (Å²) in [6, 6.07) is 0.312. The highest BCUT2D eigenvalue weighted by Gasteiger charge is 2.56. The molecule has 0 radical (unpaired) electrons. The van der Waals surface area contributed by atoms with E-state index < -0.39 is 98.7 Å². The number of hydrogen-bond acceptors (Lipinski definition) is 7. The molecule has 0 bridgehead atoms. The monoisotopic (exact) mass is 661 g/mol. The molecule has 1 saturated carbocycles. The van der Waals surface area contributed by atoms with E-state index in [1.54, 1.807) is 4.90 Å². The smallest absolute Gasteiger partial charge is 0.417 e. The van der Waals surface area contributed by atoms with Gasteiger partial charge < -0.3 is 20.1 Å². The highest BCUT2D eigenvalue weighted by Crippen LogP contribution is 2.49. The van der Waals surface area contributed by atoms with Gasteiger partial charge in [-0.25, -0.2) is 17.6 Å². The third kappa shape index (κ3) is 4.94. The van der Waals surface area contributed by atoms with Crippen LogP contribution in [0.25, 0.3) is 22.0 Å². The summed E-state index contributed by atoms with van der Waals surface area (Å²) in [7, 11) is 0. The molecule has 4 aliphatic rings. The van der Waals surface area contributed by atoms with Crippen LogP contribution in [-0.2, 0) is 10.9 Å². The van der Waals surface area contributed by atoms with Gasteiger partial charge in [0.25, 0.3) is 0 Å². The van der Waals surface area contributed by atoms with Gasteiger partial charge in [0.05, 0.1) is 43.8 Å². The van der Waals surface area contributed by atoms with Crippen LogP contribution in [0.4, 0.5) is 42.2 Å². The van der Waals surface area contributed by atoms with Crippen molar-refractivity contribution in [3.8, 4) is 17.1 Å². The van der Waals surface area contributed by atoms with Gasteiger partial charge in [-0.1, -0.05) is 11.6 Å². The Morgan fingerprint density at radius 3 is 2.73 bits per heavy atom. The van der Waals surface area contributed by atoms with Gasteiger partial charge >= 0.3 is 12.2 Å². The van der Waals surface area contributed by atoms with Crippen LogP contribution in [0.1, 0.15) is 33.1 Å². The number of anilines is 2. The standard InChI is InChI=1S/C30H29ClF7N5O2/c1-13-21(30(36,37)38)15(8-19(39)22(13)33)20-18(31)7-16-25(24(20)35)40-28(45-12-29-3-2-4-42(29)10-14(32)9-29)41-27(16)43-5-6-44-11-17-23(34)26(17)43/h7-8,14,17,23,26H,2-6,9-12,39H2,1H3/t14-,17+,23-,26+,29+/m1/s1/i12D2. The zero-order chi connectivity index (χ0) is 33.8. The first kappa shape index (κ1) is 28.1. The van der Waals surface area contributed by atoms with Crippen LogP contribution in [0.15, 0.2) is 12.1 Å². The molecule has 4 fully saturated rings. The van der Waals surface area contributed by atoms with Crippen molar-refractivity contribution < 1.29 is 42.9 Å². The van der Waals surface area contributed by atoms with E-state index in [1.807, 2.05) is 0 Å². The highest BCUT2D eigenvalue weighted by atomic mass is 35.5. The molecule has 5 atom stereocenters. The first-order valence-corrected chi connectivity index (χ1v) is 14.9. The van der Waals surface area contributed by atoms with E-state index in [1.165, 1.54) is 4.90 Å². The van der Waals surface area contributed by atoms with Gasteiger partial charge in [0, 0.05) is 41.9 Å². The molecule has 1 aliphatic carbocycles. The Morgan fingerprint density at radius 1 is 1.20 bits per heavy atom. The lowest BCUT2D eigenvalue weighted by Crippen LogP contribution is -2.43. The molecule has 1 aromatic heterocycles. The van der Waals surface area contributed by atoms with Gasteiger partial charge in [-0.2, -0.15) is 23.1 Å². The molecular formula is C30H29ClF7N5O2. The normalized spacial score (nSPS) is 29.3. The minimum Gasteiger partial charge on any atom is -0.461 e. The van der Waals surface area contributed by atoms with Gasteiger partial charge in [0.15, 0.2) is 5.82 Å². The maximum absolute atomic E-state index is 16.7. The fraction of sp³-hybridized carbons (Fsp3) is 0.533. The van der Waals surface area contributed by atoms with Crippen LogP contribution in [-0.4, -0.2) is 78.2 Å². The van der Waals surface area contributed by atoms with Crippen LogP contribution in [0, 0.1) is 24.5 Å². The number of benzene rings is 2. The van der Waals surface area contributed by atoms with Crippen molar-refractivity contribution in [2.24, 2.45) is 5.92 Å². The van der Waals surface area contributed by atoms with E-state index in [0.717, 1.165) is 13.0 Å². The third-order valence-electron chi connectivity index (χ3n) is 9.31. The molecule has 0 unspecified atom stereocenters. The number of halogens is 8. The Kier molecular flexibility index (Phi) is 6.71. The summed E-state index contributed by atoms with van der Waals surface area (Å²) in [5.74, 6) is -3.34. The van der Waals surface area contributed by atoms with E-state index in [-0.39, 0.29) is 50.3 Å². The van der Waals surface area contributed by atoms with Crippen molar-refractivity contribution in [1.82, 2.24) is 14.9 Å². The molecule has 0 spiro atoms. The molecule has 242 valence electrons. The SMILES string of the molecule is [2H]C([2H])(Oc1nc(N2CCOC[C@H]3[C@@H](F)[C@H]32)c2cc(Cl)c(-c3cc(N)c(F)c(C)c3C(F)(F)F)c(F)c2n1)[C@@]12CCCN1C[C@H](F)C2. The Labute approximate surface area is 261 Å². The Hall–Kier alpha value is -3.10. The van der Waals surface area contributed by atoms with Gasteiger partial charge in [-0.3, -0.25) is 4.90 Å². The van der Waals surface area contributed by atoms with Crippen LogP contribution >= 0.6 is 11.6 Å². The van der Waals surface area contributed by atoms with Gasteiger partial charge in [0.2, 0.25) is 0 Å². The first-order chi connectivity index (χ1) is 22.1. The lowest BCUT2D eigenvalue weighted by atomic mass is 9.93. The highest BCUT2D eigenvalue weighted by molar-refractivity contribution is 6.34. The topological polar surface area (TPSA) is 76.7 Å². The maximum Gasteiger partial charge on any atom is 0.417 e. The molecule has 15 heteroatoms. The number of hydrogen-bond donors (Lipinski definition) is 1. The summed E-state index contributed by atoms with van der Waals surface area (Å²) < 4.78 is 133. The fourth-order valence-corrected chi connectivity index (χ4v) is 7.43. The second-order valence-electron chi connectivity index (χ2n) is 12.1. The lowest BCUT2D eigenvalue weighted by molar-refractivity contribution is -0.137. The third-order valence-corrected chi connectivity index (χ3v) is 9.61. The van der Waals surface area contributed by atoms with Crippen molar-refractivity contribution in [2.75, 3.05) is 50.0 Å². The van der Waals surface area contributed by atoms with Crippen molar-refractivity contribution in [1.29, 1.82) is 0 Å². The van der Waals surface area contributed by atoms with E-state index in [0.29, 0.717) is 19.0 Å². The summed E-state index contributed by atoms with van der Waals surface area (Å²) in [5.41, 5.74) is -0.983. The van der Waals surface area contributed by atoms with Crippen molar-refractivity contribution in [3.63, 3.8) is 0 Å². The molecule has 4 heterocycles. The molecule has 3 aromatic rings. The number of rotatable bonds is 5. The largest absolute Gasteiger partial charge is 0.461 e. The number of alkyl halides is 5. The predicted octanol–water partition coefficient (Wildman–Crippen LogP) is 6.27. The van der Waals surface area contributed by atoms with Crippen molar-refractivity contribution >= 4 is 34.0 Å². The number of ether oxygens (including phenoxy) is 2. The zero-order valence-corrected chi connectivity index (χ0v) is 24.6. The minimum absolute atomic E-state index is 0.000322. The molecule has 3 aliphatic heterocycles. The number of aromatic nitrogens is 2. The average Bonchev–Trinajstić information content (AvgIpc) is 3.33. The number of nitrogens with two attached hydrogens (primary N) is 1. The van der Waals surface area contributed by atoms with Gasteiger partial charge in [-0.15, -0.1) is 0 Å². The van der Waals surface area contributed by atoms with Crippen LogP contribution in [0.5, 0.6) is 6.01 Å². The summed E-state index contributed by atoms with van der Waals surface area (Å²) >= 11 is 6.49. The molecule has 45 heavy (non-hydrogen) atoms. The number of nitrogen functional groups attached to an aromatic ring is 1. The Morgan fingerprint density at radius 2 is 1.98 bits per heavy atom.